The van der Waals surface area contributed by atoms with Crippen molar-refractivity contribution in [3.05, 3.63) is 76.2 Å². The lowest BCUT2D eigenvalue weighted by Crippen LogP contribution is -2.29. The third kappa shape index (κ3) is 2.31. The molecule has 0 saturated carbocycles. The van der Waals surface area contributed by atoms with Gasteiger partial charge in [0.25, 0.3) is 11.8 Å². The standard InChI is InChI=1S/C20H12BrN5O2/c1-11-16-17-14(10-23-18(16)26(24-11)15-4-2-3-9-22-15)19(27)25(20(17)28)13-7-5-12(21)6-8-13/h2-10H,1H3. The number of halogens is 1. The number of aromatic nitrogens is 4. The van der Waals surface area contributed by atoms with Crippen LogP contribution in [0.2, 0.25) is 0 Å². The van der Waals surface area contributed by atoms with Gasteiger partial charge in [-0.3, -0.25) is 9.59 Å². The summed E-state index contributed by atoms with van der Waals surface area (Å²) >= 11 is 3.36. The fraction of sp³-hybridized carbons (Fsp3) is 0.0500. The van der Waals surface area contributed by atoms with Crippen LogP contribution >= 0.6 is 15.9 Å². The Bertz CT molecular complexity index is 1270. The number of amides is 2. The number of benzene rings is 1. The molecule has 5 rings (SSSR count). The molecular weight excluding hydrogens is 422 g/mol. The second kappa shape index (κ2) is 6.07. The molecule has 0 N–H and O–H groups in total. The molecule has 0 fully saturated rings. The highest BCUT2D eigenvalue weighted by Crippen LogP contribution is 2.34. The summed E-state index contributed by atoms with van der Waals surface area (Å²) in [6, 6.07) is 12.5. The number of carbonyl (C=O) groups excluding carboxylic acids is 2. The fourth-order valence-corrected chi connectivity index (χ4v) is 3.69. The summed E-state index contributed by atoms with van der Waals surface area (Å²) in [7, 11) is 0. The number of imide groups is 1. The Morgan fingerprint density at radius 2 is 1.75 bits per heavy atom. The van der Waals surface area contributed by atoms with Gasteiger partial charge in [-0.2, -0.15) is 9.78 Å². The smallest absolute Gasteiger partial charge is 0.267 e. The largest absolute Gasteiger partial charge is 0.268 e. The molecule has 2 amide bonds. The van der Waals surface area contributed by atoms with Gasteiger partial charge in [-0.1, -0.05) is 22.0 Å². The molecule has 28 heavy (non-hydrogen) atoms. The van der Waals surface area contributed by atoms with Gasteiger partial charge in [0, 0.05) is 16.9 Å². The Hall–Kier alpha value is -3.39. The van der Waals surface area contributed by atoms with Crippen molar-refractivity contribution in [1.82, 2.24) is 19.7 Å². The van der Waals surface area contributed by atoms with Gasteiger partial charge < -0.3 is 0 Å². The average Bonchev–Trinajstić information content (AvgIpc) is 3.18. The first-order valence-electron chi connectivity index (χ1n) is 8.50. The number of rotatable bonds is 2. The molecular formula is C20H12BrN5O2. The van der Waals surface area contributed by atoms with Crippen molar-refractivity contribution in [1.29, 1.82) is 0 Å². The first-order chi connectivity index (χ1) is 13.6. The van der Waals surface area contributed by atoms with E-state index in [-0.39, 0.29) is 17.4 Å². The van der Waals surface area contributed by atoms with Crippen LogP contribution in [0, 0.1) is 6.92 Å². The number of pyridine rings is 2. The Morgan fingerprint density at radius 1 is 0.964 bits per heavy atom. The number of hydrogen-bond donors (Lipinski definition) is 0. The van der Waals surface area contributed by atoms with E-state index in [1.807, 2.05) is 18.2 Å². The van der Waals surface area contributed by atoms with E-state index >= 15 is 0 Å². The Balaban J connectivity index is 1.72. The van der Waals surface area contributed by atoms with E-state index in [0.29, 0.717) is 33.8 Å². The molecule has 7 nitrogen and oxygen atoms in total. The summed E-state index contributed by atoms with van der Waals surface area (Å²) in [4.78, 5) is 36.1. The van der Waals surface area contributed by atoms with E-state index in [2.05, 4.69) is 31.0 Å². The van der Waals surface area contributed by atoms with E-state index in [4.69, 9.17) is 0 Å². The summed E-state index contributed by atoms with van der Waals surface area (Å²) in [5, 5.41) is 5.08. The molecule has 1 aliphatic heterocycles. The minimum absolute atomic E-state index is 0.282. The highest BCUT2D eigenvalue weighted by molar-refractivity contribution is 9.10. The van der Waals surface area contributed by atoms with Gasteiger partial charge in [-0.05, 0) is 43.3 Å². The molecule has 0 unspecified atom stereocenters. The predicted molar refractivity (Wildman–Crippen MR) is 107 cm³/mol. The normalized spacial score (nSPS) is 13.4. The van der Waals surface area contributed by atoms with E-state index in [1.54, 1.807) is 42.1 Å². The van der Waals surface area contributed by atoms with E-state index in [1.165, 1.54) is 11.1 Å². The molecule has 0 spiro atoms. The molecule has 3 aromatic heterocycles. The maximum absolute atomic E-state index is 13.2. The van der Waals surface area contributed by atoms with E-state index < -0.39 is 0 Å². The third-order valence-corrected chi connectivity index (χ3v) is 5.20. The number of nitrogens with zero attached hydrogens (tertiary/aromatic N) is 5. The minimum Gasteiger partial charge on any atom is -0.268 e. The molecule has 0 radical (unpaired) electrons. The van der Waals surface area contributed by atoms with Gasteiger partial charge in [-0.15, -0.1) is 0 Å². The van der Waals surface area contributed by atoms with Crippen molar-refractivity contribution < 1.29 is 9.59 Å². The summed E-state index contributed by atoms with van der Waals surface area (Å²) in [6.07, 6.45) is 3.10. The van der Waals surface area contributed by atoms with Crippen LogP contribution in [0.1, 0.15) is 26.4 Å². The third-order valence-electron chi connectivity index (χ3n) is 4.67. The number of hydrogen-bond acceptors (Lipinski definition) is 5. The van der Waals surface area contributed by atoms with Gasteiger partial charge in [0.15, 0.2) is 11.5 Å². The minimum atomic E-state index is -0.387. The highest BCUT2D eigenvalue weighted by atomic mass is 79.9. The lowest BCUT2D eigenvalue weighted by molar-refractivity contribution is 0.0926. The van der Waals surface area contributed by atoms with E-state index in [0.717, 1.165) is 4.47 Å². The topological polar surface area (TPSA) is 81.0 Å². The van der Waals surface area contributed by atoms with E-state index in [9.17, 15) is 9.59 Å². The van der Waals surface area contributed by atoms with Crippen molar-refractivity contribution >= 4 is 44.5 Å². The van der Waals surface area contributed by atoms with Gasteiger partial charge >= 0.3 is 0 Å². The molecule has 0 saturated heterocycles. The zero-order valence-corrected chi connectivity index (χ0v) is 16.2. The molecule has 1 aromatic carbocycles. The van der Waals surface area contributed by atoms with Gasteiger partial charge in [0.1, 0.15) is 0 Å². The molecule has 0 aliphatic carbocycles. The molecule has 8 heteroatoms. The number of anilines is 1. The molecule has 136 valence electrons. The Morgan fingerprint density at radius 3 is 2.46 bits per heavy atom. The summed E-state index contributed by atoms with van der Waals surface area (Å²) in [5.41, 5.74) is 2.23. The monoisotopic (exact) mass is 433 g/mol. The van der Waals surface area contributed by atoms with Gasteiger partial charge in [0.05, 0.1) is 27.9 Å². The van der Waals surface area contributed by atoms with Crippen LogP contribution in [0.15, 0.2) is 59.3 Å². The lowest BCUT2D eigenvalue weighted by atomic mass is 10.1. The molecule has 4 heterocycles. The van der Waals surface area contributed by atoms with Gasteiger partial charge in [-0.25, -0.2) is 14.9 Å². The quantitative estimate of drug-likeness (QED) is 0.450. The van der Waals surface area contributed by atoms with Crippen LogP contribution in [0.4, 0.5) is 5.69 Å². The van der Waals surface area contributed by atoms with Crippen molar-refractivity contribution in [2.24, 2.45) is 0 Å². The zero-order valence-electron chi connectivity index (χ0n) is 14.6. The van der Waals surface area contributed by atoms with Crippen LogP contribution in [-0.2, 0) is 0 Å². The van der Waals surface area contributed by atoms with Crippen LogP contribution in [0.25, 0.3) is 16.9 Å². The second-order valence-corrected chi connectivity index (χ2v) is 7.27. The average molecular weight is 434 g/mol. The number of fused-ring (bicyclic) bond motifs is 3. The van der Waals surface area contributed by atoms with Crippen LogP contribution in [0.5, 0.6) is 0 Å². The van der Waals surface area contributed by atoms with Crippen LogP contribution < -0.4 is 4.90 Å². The lowest BCUT2D eigenvalue weighted by Gasteiger charge is -2.13. The fourth-order valence-electron chi connectivity index (χ4n) is 3.42. The maximum atomic E-state index is 13.2. The van der Waals surface area contributed by atoms with Gasteiger partial charge in [0.2, 0.25) is 0 Å². The molecule has 0 atom stereocenters. The first-order valence-corrected chi connectivity index (χ1v) is 9.29. The molecule has 1 aliphatic rings. The summed E-state index contributed by atoms with van der Waals surface area (Å²) < 4.78 is 2.45. The van der Waals surface area contributed by atoms with Crippen LogP contribution in [0.3, 0.4) is 0 Å². The Kier molecular flexibility index (Phi) is 3.63. The maximum Gasteiger partial charge on any atom is 0.267 e. The predicted octanol–water partition coefficient (Wildman–Crippen LogP) is 3.69. The second-order valence-electron chi connectivity index (χ2n) is 6.35. The highest BCUT2D eigenvalue weighted by Gasteiger charge is 2.40. The van der Waals surface area contributed by atoms with Crippen molar-refractivity contribution in [2.45, 2.75) is 6.92 Å². The molecule has 0 bridgehead atoms. The van der Waals surface area contributed by atoms with Crippen LogP contribution in [-0.4, -0.2) is 31.6 Å². The van der Waals surface area contributed by atoms with Crippen molar-refractivity contribution in [3.63, 3.8) is 0 Å². The number of aryl methyl sites for hydroxylation is 1. The van der Waals surface area contributed by atoms with Crippen molar-refractivity contribution in [2.75, 3.05) is 4.90 Å². The molecule has 4 aromatic rings. The van der Waals surface area contributed by atoms with Crippen molar-refractivity contribution in [3.8, 4) is 5.82 Å². The summed E-state index contributed by atoms with van der Waals surface area (Å²) in [5.74, 6) is -0.172. The zero-order chi connectivity index (χ0) is 19.4. The summed E-state index contributed by atoms with van der Waals surface area (Å²) in [6.45, 7) is 1.80. The Labute approximate surface area is 167 Å². The SMILES string of the molecule is Cc1nn(-c2ccccn2)c2ncc3c(c12)C(=O)N(c1ccc(Br)cc1)C3=O. The first kappa shape index (κ1) is 16.8. The number of carbonyl (C=O) groups is 2.